The standard InChI is InChI=1S/C13H21N3OS/c1-9-10(2)18-6-5-16(9)13-15-12(8-17-13)7-14-11-3-4-11/h8-11,14H,3-7H2,1-2H3. The van der Waals surface area contributed by atoms with Crippen LogP contribution in [0, 0.1) is 0 Å². The van der Waals surface area contributed by atoms with Gasteiger partial charge < -0.3 is 14.6 Å². The van der Waals surface area contributed by atoms with Gasteiger partial charge in [-0.2, -0.15) is 16.7 Å². The van der Waals surface area contributed by atoms with Gasteiger partial charge in [-0.05, 0) is 19.8 Å². The van der Waals surface area contributed by atoms with Crippen LogP contribution in [0.1, 0.15) is 32.4 Å². The third-order valence-corrected chi connectivity index (χ3v) is 5.16. The monoisotopic (exact) mass is 267 g/mol. The number of anilines is 1. The summed E-state index contributed by atoms with van der Waals surface area (Å²) in [7, 11) is 0. The van der Waals surface area contributed by atoms with E-state index in [4.69, 9.17) is 4.42 Å². The largest absolute Gasteiger partial charge is 0.432 e. The predicted molar refractivity (Wildman–Crippen MR) is 75.1 cm³/mol. The molecule has 4 nitrogen and oxygen atoms in total. The Morgan fingerprint density at radius 1 is 1.50 bits per heavy atom. The second-order valence-electron chi connectivity index (χ2n) is 5.29. The molecule has 2 atom stereocenters. The molecule has 1 aliphatic heterocycles. The maximum Gasteiger partial charge on any atom is 0.297 e. The Hall–Kier alpha value is -0.680. The molecule has 5 heteroatoms. The van der Waals surface area contributed by atoms with Crippen molar-refractivity contribution >= 4 is 17.8 Å². The molecule has 2 unspecified atom stereocenters. The summed E-state index contributed by atoms with van der Waals surface area (Å²) in [5, 5.41) is 4.10. The summed E-state index contributed by atoms with van der Waals surface area (Å²) in [6.07, 6.45) is 4.41. The lowest BCUT2D eigenvalue weighted by Gasteiger charge is -2.36. The molecule has 0 aromatic carbocycles. The topological polar surface area (TPSA) is 41.3 Å². The van der Waals surface area contributed by atoms with Gasteiger partial charge in [0.2, 0.25) is 0 Å². The Bertz CT molecular complexity index is 405. The first-order chi connectivity index (χ1) is 8.74. The fraction of sp³-hybridized carbons (Fsp3) is 0.769. The summed E-state index contributed by atoms with van der Waals surface area (Å²) in [4.78, 5) is 6.90. The Labute approximate surface area is 113 Å². The van der Waals surface area contributed by atoms with E-state index in [9.17, 15) is 0 Å². The number of hydrogen-bond donors (Lipinski definition) is 1. The van der Waals surface area contributed by atoms with E-state index >= 15 is 0 Å². The highest BCUT2D eigenvalue weighted by molar-refractivity contribution is 8.00. The minimum absolute atomic E-state index is 0.492. The molecule has 1 aromatic rings. The van der Waals surface area contributed by atoms with Gasteiger partial charge in [0.15, 0.2) is 0 Å². The van der Waals surface area contributed by atoms with E-state index < -0.39 is 0 Å². The molecule has 1 N–H and O–H groups in total. The molecule has 1 saturated heterocycles. The third kappa shape index (κ3) is 2.67. The minimum atomic E-state index is 0.492. The first-order valence-electron chi connectivity index (χ1n) is 6.80. The number of nitrogens with one attached hydrogen (secondary N) is 1. The van der Waals surface area contributed by atoms with E-state index in [0.29, 0.717) is 11.3 Å². The molecule has 3 rings (SSSR count). The zero-order chi connectivity index (χ0) is 12.5. The molecule has 100 valence electrons. The number of oxazole rings is 1. The molecule has 1 saturated carbocycles. The van der Waals surface area contributed by atoms with E-state index in [1.54, 1.807) is 6.26 Å². The Morgan fingerprint density at radius 3 is 3.11 bits per heavy atom. The summed E-state index contributed by atoms with van der Waals surface area (Å²) in [6.45, 7) is 6.40. The zero-order valence-electron chi connectivity index (χ0n) is 11.1. The van der Waals surface area contributed by atoms with E-state index in [1.165, 1.54) is 12.8 Å². The molecule has 0 bridgehead atoms. The number of rotatable bonds is 4. The SMILES string of the molecule is CC1SCCN(c2nc(CNC3CC3)co2)C1C. The van der Waals surface area contributed by atoms with Gasteiger partial charge in [-0.25, -0.2) is 0 Å². The normalized spacial score (nSPS) is 28.7. The lowest BCUT2D eigenvalue weighted by molar-refractivity contribution is 0.499. The van der Waals surface area contributed by atoms with Crippen LogP contribution in [0.5, 0.6) is 0 Å². The fourth-order valence-electron chi connectivity index (χ4n) is 2.25. The molecule has 18 heavy (non-hydrogen) atoms. The molecule has 2 fully saturated rings. The first-order valence-corrected chi connectivity index (χ1v) is 7.85. The highest BCUT2D eigenvalue weighted by Gasteiger charge is 2.28. The maximum atomic E-state index is 5.64. The van der Waals surface area contributed by atoms with Gasteiger partial charge in [0.25, 0.3) is 6.01 Å². The van der Waals surface area contributed by atoms with Crippen LogP contribution < -0.4 is 10.2 Å². The van der Waals surface area contributed by atoms with Gasteiger partial charge in [0.05, 0.1) is 5.69 Å². The molecular weight excluding hydrogens is 246 g/mol. The number of nitrogens with zero attached hydrogens (tertiary/aromatic N) is 2. The van der Waals surface area contributed by atoms with Crippen LogP contribution >= 0.6 is 11.8 Å². The number of hydrogen-bond acceptors (Lipinski definition) is 5. The Kier molecular flexibility index (Phi) is 3.52. The fourth-order valence-corrected chi connectivity index (χ4v) is 3.35. The van der Waals surface area contributed by atoms with Crippen molar-refractivity contribution in [3.05, 3.63) is 12.0 Å². The minimum Gasteiger partial charge on any atom is -0.432 e. The van der Waals surface area contributed by atoms with Crippen molar-refractivity contribution < 1.29 is 4.42 Å². The first kappa shape index (κ1) is 12.4. The predicted octanol–water partition coefficient (Wildman–Crippen LogP) is 2.26. The quantitative estimate of drug-likeness (QED) is 0.906. The molecule has 0 radical (unpaired) electrons. The molecular formula is C13H21N3OS. The number of aromatic nitrogens is 1. The van der Waals surface area contributed by atoms with Gasteiger partial charge in [-0.15, -0.1) is 0 Å². The van der Waals surface area contributed by atoms with Gasteiger partial charge >= 0.3 is 0 Å². The molecule has 1 aromatic heterocycles. The second-order valence-corrected chi connectivity index (χ2v) is 6.77. The van der Waals surface area contributed by atoms with Crippen molar-refractivity contribution in [1.29, 1.82) is 0 Å². The van der Waals surface area contributed by atoms with Crippen molar-refractivity contribution in [2.45, 2.75) is 50.6 Å². The molecule has 0 amide bonds. The summed E-state index contributed by atoms with van der Waals surface area (Å²) in [5.74, 6) is 1.16. The highest BCUT2D eigenvalue weighted by Crippen LogP contribution is 2.28. The smallest absolute Gasteiger partial charge is 0.297 e. The van der Waals surface area contributed by atoms with E-state index in [-0.39, 0.29) is 0 Å². The maximum absolute atomic E-state index is 5.64. The second kappa shape index (κ2) is 5.13. The molecule has 0 spiro atoms. The van der Waals surface area contributed by atoms with Crippen molar-refractivity contribution in [3.8, 4) is 0 Å². The van der Waals surface area contributed by atoms with Crippen molar-refractivity contribution in [2.24, 2.45) is 0 Å². The van der Waals surface area contributed by atoms with Crippen molar-refractivity contribution in [1.82, 2.24) is 10.3 Å². The van der Waals surface area contributed by atoms with Crippen LogP contribution in [0.2, 0.25) is 0 Å². The lowest BCUT2D eigenvalue weighted by atomic mass is 10.2. The third-order valence-electron chi connectivity index (χ3n) is 3.82. The highest BCUT2D eigenvalue weighted by atomic mass is 32.2. The summed E-state index contributed by atoms with van der Waals surface area (Å²) < 4.78 is 5.64. The lowest BCUT2D eigenvalue weighted by Crippen LogP contribution is -2.44. The summed E-state index contributed by atoms with van der Waals surface area (Å²) >= 11 is 2.03. The zero-order valence-corrected chi connectivity index (χ0v) is 11.9. The molecule has 1 aliphatic carbocycles. The number of thioether (sulfide) groups is 1. The summed E-state index contributed by atoms with van der Waals surface area (Å²) in [6, 6.07) is 2.00. The van der Waals surface area contributed by atoms with Gasteiger partial charge in [-0.1, -0.05) is 6.92 Å². The van der Waals surface area contributed by atoms with E-state index in [0.717, 1.165) is 36.6 Å². The van der Waals surface area contributed by atoms with E-state index in [1.807, 2.05) is 11.8 Å². The van der Waals surface area contributed by atoms with Crippen LogP contribution in [0.3, 0.4) is 0 Å². The van der Waals surface area contributed by atoms with Crippen LogP contribution in [0.15, 0.2) is 10.7 Å². The van der Waals surface area contributed by atoms with Gasteiger partial charge in [0.1, 0.15) is 6.26 Å². The average molecular weight is 267 g/mol. The molecule has 2 heterocycles. The van der Waals surface area contributed by atoms with Gasteiger partial charge in [0, 0.05) is 36.2 Å². The van der Waals surface area contributed by atoms with Crippen molar-refractivity contribution in [3.63, 3.8) is 0 Å². The van der Waals surface area contributed by atoms with Crippen LogP contribution in [-0.2, 0) is 6.54 Å². The Morgan fingerprint density at radius 2 is 2.33 bits per heavy atom. The average Bonchev–Trinajstić information content (AvgIpc) is 3.08. The Balaban J connectivity index is 1.63. The molecule has 2 aliphatic rings. The van der Waals surface area contributed by atoms with Crippen molar-refractivity contribution in [2.75, 3.05) is 17.2 Å². The van der Waals surface area contributed by atoms with Crippen LogP contribution in [0.4, 0.5) is 6.01 Å². The van der Waals surface area contributed by atoms with Crippen LogP contribution in [0.25, 0.3) is 0 Å². The summed E-state index contributed by atoms with van der Waals surface area (Å²) in [5.41, 5.74) is 1.02. The van der Waals surface area contributed by atoms with Crippen LogP contribution in [-0.4, -0.2) is 34.6 Å². The van der Waals surface area contributed by atoms with E-state index in [2.05, 4.69) is 29.0 Å². The van der Waals surface area contributed by atoms with Gasteiger partial charge in [-0.3, -0.25) is 0 Å².